The minimum atomic E-state index is 0.532. The number of nitrogen functional groups attached to an aromatic ring is 1. The van der Waals surface area contributed by atoms with Crippen LogP contribution in [-0.2, 0) is 6.54 Å². The molecule has 2 aromatic rings. The maximum Gasteiger partial charge on any atom is 0.160 e. The maximum absolute atomic E-state index is 5.50. The standard InChI is InChI=1S/C11H15N5O/c1-8-3-4-9(17-8)7-16(2)11-6-13-5-10(14-11)15-12/h3-6H,7,12H2,1-2H3,(H,14,15). The van der Waals surface area contributed by atoms with Gasteiger partial charge in [0.1, 0.15) is 17.3 Å². The van der Waals surface area contributed by atoms with E-state index in [9.17, 15) is 0 Å². The van der Waals surface area contributed by atoms with Gasteiger partial charge < -0.3 is 14.7 Å². The average molecular weight is 233 g/mol. The molecule has 0 aliphatic rings. The number of nitrogens with zero attached hydrogens (tertiary/aromatic N) is 3. The topological polar surface area (TPSA) is 80.2 Å². The van der Waals surface area contributed by atoms with E-state index < -0.39 is 0 Å². The van der Waals surface area contributed by atoms with E-state index in [0.717, 1.165) is 17.3 Å². The third kappa shape index (κ3) is 2.73. The largest absolute Gasteiger partial charge is 0.464 e. The first-order valence-electron chi connectivity index (χ1n) is 5.24. The van der Waals surface area contributed by atoms with E-state index in [1.165, 1.54) is 0 Å². The van der Waals surface area contributed by atoms with Gasteiger partial charge in [-0.2, -0.15) is 0 Å². The van der Waals surface area contributed by atoms with Crippen LogP contribution < -0.4 is 16.2 Å². The van der Waals surface area contributed by atoms with Crippen LogP contribution in [0.1, 0.15) is 11.5 Å². The normalized spacial score (nSPS) is 10.3. The summed E-state index contributed by atoms with van der Waals surface area (Å²) >= 11 is 0. The van der Waals surface area contributed by atoms with Gasteiger partial charge in [0.05, 0.1) is 18.9 Å². The second-order valence-corrected chi connectivity index (χ2v) is 3.78. The smallest absolute Gasteiger partial charge is 0.160 e. The van der Waals surface area contributed by atoms with Crippen molar-refractivity contribution < 1.29 is 4.42 Å². The van der Waals surface area contributed by atoms with E-state index in [1.807, 2.05) is 31.0 Å². The van der Waals surface area contributed by atoms with Gasteiger partial charge in [-0.15, -0.1) is 0 Å². The monoisotopic (exact) mass is 233 g/mol. The number of furan rings is 1. The Morgan fingerprint density at radius 1 is 1.41 bits per heavy atom. The lowest BCUT2D eigenvalue weighted by Gasteiger charge is -2.16. The van der Waals surface area contributed by atoms with Gasteiger partial charge in [-0.1, -0.05) is 0 Å². The molecule has 0 spiro atoms. The summed E-state index contributed by atoms with van der Waals surface area (Å²) in [4.78, 5) is 10.3. The molecule has 3 N–H and O–H groups in total. The van der Waals surface area contributed by atoms with Crippen LogP contribution in [0.2, 0.25) is 0 Å². The molecule has 2 heterocycles. The predicted molar refractivity (Wildman–Crippen MR) is 65.4 cm³/mol. The zero-order valence-electron chi connectivity index (χ0n) is 9.84. The van der Waals surface area contributed by atoms with Crippen LogP contribution in [0.4, 0.5) is 11.6 Å². The second kappa shape index (κ2) is 4.84. The summed E-state index contributed by atoms with van der Waals surface area (Å²) in [6.45, 7) is 2.55. The Morgan fingerprint density at radius 2 is 2.24 bits per heavy atom. The van der Waals surface area contributed by atoms with Crippen molar-refractivity contribution >= 4 is 11.6 Å². The molecule has 0 amide bonds. The van der Waals surface area contributed by atoms with Gasteiger partial charge in [-0.25, -0.2) is 10.8 Å². The molecule has 0 atom stereocenters. The molecule has 0 aromatic carbocycles. The van der Waals surface area contributed by atoms with Crippen molar-refractivity contribution in [3.63, 3.8) is 0 Å². The number of nitrogens with two attached hydrogens (primary N) is 1. The SMILES string of the molecule is Cc1ccc(CN(C)c2cncc(NN)n2)o1. The van der Waals surface area contributed by atoms with Crippen molar-refractivity contribution in [2.45, 2.75) is 13.5 Å². The minimum absolute atomic E-state index is 0.532. The number of hydrogen-bond donors (Lipinski definition) is 2. The number of rotatable bonds is 4. The molecule has 90 valence electrons. The Hall–Kier alpha value is -2.08. The zero-order chi connectivity index (χ0) is 12.3. The lowest BCUT2D eigenvalue weighted by atomic mass is 10.4. The summed E-state index contributed by atoms with van der Waals surface area (Å²) in [6.07, 6.45) is 3.24. The third-order valence-corrected chi connectivity index (χ3v) is 2.35. The van der Waals surface area contributed by atoms with Gasteiger partial charge >= 0.3 is 0 Å². The Bertz CT molecular complexity index is 496. The van der Waals surface area contributed by atoms with Crippen molar-refractivity contribution in [3.8, 4) is 0 Å². The highest BCUT2D eigenvalue weighted by molar-refractivity contribution is 5.42. The highest BCUT2D eigenvalue weighted by Gasteiger charge is 2.07. The van der Waals surface area contributed by atoms with Crippen LogP contribution >= 0.6 is 0 Å². The van der Waals surface area contributed by atoms with E-state index >= 15 is 0 Å². The Balaban J connectivity index is 2.11. The lowest BCUT2D eigenvalue weighted by molar-refractivity contribution is 0.481. The van der Waals surface area contributed by atoms with Gasteiger partial charge in [0.2, 0.25) is 0 Å². The first kappa shape index (κ1) is 11.4. The van der Waals surface area contributed by atoms with E-state index in [-0.39, 0.29) is 0 Å². The van der Waals surface area contributed by atoms with Gasteiger partial charge in [0.25, 0.3) is 0 Å². The summed E-state index contributed by atoms with van der Waals surface area (Å²) in [5, 5.41) is 0. The number of hydrazine groups is 1. The number of nitrogens with one attached hydrogen (secondary N) is 1. The fourth-order valence-electron chi connectivity index (χ4n) is 1.49. The molecule has 6 heteroatoms. The van der Waals surface area contributed by atoms with Gasteiger partial charge in [-0.05, 0) is 19.1 Å². The fraction of sp³-hybridized carbons (Fsp3) is 0.273. The molecule has 6 nitrogen and oxygen atoms in total. The molecule has 0 fully saturated rings. The van der Waals surface area contributed by atoms with Crippen molar-refractivity contribution in [1.29, 1.82) is 0 Å². The van der Waals surface area contributed by atoms with Crippen molar-refractivity contribution in [1.82, 2.24) is 9.97 Å². The number of anilines is 2. The van der Waals surface area contributed by atoms with Gasteiger partial charge in [0.15, 0.2) is 5.82 Å². The van der Waals surface area contributed by atoms with Crippen molar-refractivity contribution in [2.75, 3.05) is 17.4 Å². The van der Waals surface area contributed by atoms with E-state index in [2.05, 4.69) is 15.4 Å². The Morgan fingerprint density at radius 3 is 2.88 bits per heavy atom. The molecule has 0 bridgehead atoms. The Labute approximate surface area is 99.4 Å². The molecule has 0 unspecified atom stereocenters. The highest BCUT2D eigenvalue weighted by Crippen LogP contribution is 2.15. The molecule has 0 saturated heterocycles. The summed E-state index contributed by atoms with van der Waals surface area (Å²) < 4.78 is 5.50. The van der Waals surface area contributed by atoms with E-state index in [1.54, 1.807) is 12.4 Å². The fourth-order valence-corrected chi connectivity index (χ4v) is 1.49. The van der Waals surface area contributed by atoms with Crippen LogP contribution in [0, 0.1) is 6.92 Å². The van der Waals surface area contributed by atoms with Gasteiger partial charge in [0, 0.05) is 7.05 Å². The number of aryl methyl sites for hydroxylation is 1. The summed E-state index contributed by atoms with van der Waals surface area (Å²) in [5.74, 6) is 8.34. The first-order chi connectivity index (χ1) is 8.19. The Kier molecular flexibility index (Phi) is 3.24. The van der Waals surface area contributed by atoms with Crippen LogP contribution in [0.15, 0.2) is 28.9 Å². The molecule has 0 radical (unpaired) electrons. The summed E-state index contributed by atoms with van der Waals surface area (Å²) in [5.41, 5.74) is 2.47. The summed E-state index contributed by atoms with van der Waals surface area (Å²) in [6, 6.07) is 3.89. The molecular weight excluding hydrogens is 218 g/mol. The molecule has 17 heavy (non-hydrogen) atoms. The van der Waals surface area contributed by atoms with Gasteiger partial charge in [-0.3, -0.25) is 4.98 Å². The van der Waals surface area contributed by atoms with Crippen LogP contribution in [0.3, 0.4) is 0 Å². The zero-order valence-corrected chi connectivity index (χ0v) is 9.84. The van der Waals surface area contributed by atoms with Crippen LogP contribution in [0.5, 0.6) is 0 Å². The third-order valence-electron chi connectivity index (χ3n) is 2.35. The van der Waals surface area contributed by atoms with Crippen molar-refractivity contribution in [3.05, 3.63) is 36.0 Å². The predicted octanol–water partition coefficient (Wildman–Crippen LogP) is 1.30. The van der Waals surface area contributed by atoms with Crippen LogP contribution in [0.25, 0.3) is 0 Å². The molecule has 2 aromatic heterocycles. The second-order valence-electron chi connectivity index (χ2n) is 3.78. The summed E-state index contributed by atoms with van der Waals surface area (Å²) in [7, 11) is 1.92. The van der Waals surface area contributed by atoms with Crippen molar-refractivity contribution in [2.24, 2.45) is 5.84 Å². The molecule has 0 aliphatic heterocycles. The number of aromatic nitrogens is 2. The maximum atomic E-state index is 5.50. The van der Waals surface area contributed by atoms with E-state index in [4.69, 9.17) is 10.3 Å². The lowest BCUT2D eigenvalue weighted by Crippen LogP contribution is -2.19. The minimum Gasteiger partial charge on any atom is -0.464 e. The highest BCUT2D eigenvalue weighted by atomic mass is 16.3. The first-order valence-corrected chi connectivity index (χ1v) is 5.24. The quantitative estimate of drug-likeness (QED) is 0.612. The number of hydrogen-bond acceptors (Lipinski definition) is 6. The van der Waals surface area contributed by atoms with Crippen LogP contribution in [-0.4, -0.2) is 17.0 Å². The average Bonchev–Trinajstić information content (AvgIpc) is 2.75. The molecular formula is C11H15N5O. The molecule has 2 rings (SSSR count). The molecule has 0 saturated carbocycles. The van der Waals surface area contributed by atoms with E-state index in [0.29, 0.717) is 12.4 Å². The molecule has 0 aliphatic carbocycles.